The SMILES string of the molecule is O=C(CNC(=O)c1ccccc1)NC1CCN(C(=O)c2ccc(-c3ccccc3)cc2)CC1. The van der Waals surface area contributed by atoms with Crippen LogP contribution < -0.4 is 10.6 Å². The number of nitrogens with one attached hydrogen (secondary N) is 2. The van der Waals surface area contributed by atoms with Gasteiger partial charge in [-0.15, -0.1) is 0 Å². The van der Waals surface area contributed by atoms with Gasteiger partial charge in [0.1, 0.15) is 0 Å². The number of nitrogens with zero attached hydrogens (tertiary/aromatic N) is 1. The molecule has 0 aromatic heterocycles. The van der Waals surface area contributed by atoms with Crippen molar-refractivity contribution in [2.24, 2.45) is 0 Å². The molecule has 6 nitrogen and oxygen atoms in total. The lowest BCUT2D eigenvalue weighted by molar-refractivity contribution is -0.121. The zero-order valence-corrected chi connectivity index (χ0v) is 18.4. The first-order valence-electron chi connectivity index (χ1n) is 11.2. The van der Waals surface area contributed by atoms with Crippen LogP contribution in [0.5, 0.6) is 0 Å². The van der Waals surface area contributed by atoms with E-state index in [4.69, 9.17) is 0 Å². The lowest BCUT2D eigenvalue weighted by Gasteiger charge is -2.32. The Morgan fingerprint density at radius 3 is 1.94 bits per heavy atom. The Labute approximate surface area is 193 Å². The van der Waals surface area contributed by atoms with Gasteiger partial charge in [0.25, 0.3) is 11.8 Å². The summed E-state index contributed by atoms with van der Waals surface area (Å²) in [6, 6.07) is 26.5. The fourth-order valence-electron chi connectivity index (χ4n) is 3.98. The molecule has 3 aromatic rings. The van der Waals surface area contributed by atoms with Gasteiger partial charge in [0.2, 0.25) is 5.91 Å². The minimum Gasteiger partial charge on any atom is -0.352 e. The smallest absolute Gasteiger partial charge is 0.253 e. The van der Waals surface area contributed by atoms with Gasteiger partial charge in [-0.3, -0.25) is 14.4 Å². The molecule has 1 aliphatic rings. The zero-order valence-electron chi connectivity index (χ0n) is 18.4. The second-order valence-electron chi connectivity index (χ2n) is 8.13. The maximum absolute atomic E-state index is 12.9. The average molecular weight is 442 g/mol. The third-order valence-corrected chi connectivity index (χ3v) is 5.83. The molecule has 4 rings (SSSR count). The average Bonchev–Trinajstić information content (AvgIpc) is 2.88. The predicted molar refractivity (Wildman–Crippen MR) is 128 cm³/mol. The molecule has 6 heteroatoms. The molecule has 3 amide bonds. The number of amides is 3. The third-order valence-electron chi connectivity index (χ3n) is 5.83. The molecular weight excluding hydrogens is 414 g/mol. The van der Waals surface area contributed by atoms with E-state index in [2.05, 4.69) is 10.6 Å². The fraction of sp³-hybridized carbons (Fsp3) is 0.222. The first kappa shape index (κ1) is 22.3. The van der Waals surface area contributed by atoms with Gasteiger partial charge in [-0.1, -0.05) is 60.7 Å². The van der Waals surface area contributed by atoms with Gasteiger partial charge in [-0.05, 0) is 48.2 Å². The summed E-state index contributed by atoms with van der Waals surface area (Å²) in [5, 5.41) is 5.60. The molecule has 1 aliphatic heterocycles. The van der Waals surface area contributed by atoms with Gasteiger partial charge in [-0.25, -0.2) is 0 Å². The van der Waals surface area contributed by atoms with E-state index in [-0.39, 0.29) is 30.3 Å². The largest absolute Gasteiger partial charge is 0.352 e. The van der Waals surface area contributed by atoms with Crippen LogP contribution in [0.2, 0.25) is 0 Å². The highest BCUT2D eigenvalue weighted by Crippen LogP contribution is 2.21. The molecule has 0 radical (unpaired) electrons. The second kappa shape index (κ2) is 10.6. The highest BCUT2D eigenvalue weighted by Gasteiger charge is 2.24. The molecule has 0 saturated carbocycles. The van der Waals surface area contributed by atoms with Gasteiger partial charge in [0, 0.05) is 30.3 Å². The van der Waals surface area contributed by atoms with Crippen molar-refractivity contribution in [3.05, 3.63) is 96.1 Å². The lowest BCUT2D eigenvalue weighted by atomic mass is 10.0. The van der Waals surface area contributed by atoms with Crippen molar-refractivity contribution in [3.63, 3.8) is 0 Å². The number of benzene rings is 3. The van der Waals surface area contributed by atoms with E-state index in [1.165, 1.54) is 0 Å². The monoisotopic (exact) mass is 441 g/mol. The maximum atomic E-state index is 12.9. The van der Waals surface area contributed by atoms with E-state index >= 15 is 0 Å². The van der Waals surface area contributed by atoms with Crippen molar-refractivity contribution in [1.82, 2.24) is 15.5 Å². The third kappa shape index (κ3) is 5.86. The van der Waals surface area contributed by atoms with Crippen molar-refractivity contribution in [3.8, 4) is 11.1 Å². The standard InChI is InChI=1S/C27H27N3O3/c31-25(19-28-26(32)22-9-5-2-6-10-22)29-24-15-17-30(18-16-24)27(33)23-13-11-21(12-14-23)20-7-3-1-4-8-20/h1-14,24H,15-19H2,(H,28,32)(H,29,31). The number of rotatable bonds is 6. The quantitative estimate of drug-likeness (QED) is 0.615. The van der Waals surface area contributed by atoms with E-state index in [0.717, 1.165) is 11.1 Å². The summed E-state index contributed by atoms with van der Waals surface area (Å²) < 4.78 is 0. The summed E-state index contributed by atoms with van der Waals surface area (Å²) in [6.07, 6.45) is 1.37. The van der Waals surface area contributed by atoms with Crippen LogP contribution in [0.25, 0.3) is 11.1 Å². The topological polar surface area (TPSA) is 78.5 Å². The highest BCUT2D eigenvalue weighted by molar-refractivity contribution is 5.96. The first-order valence-corrected chi connectivity index (χ1v) is 11.2. The maximum Gasteiger partial charge on any atom is 0.253 e. The van der Waals surface area contributed by atoms with E-state index < -0.39 is 0 Å². The Kier molecular flexibility index (Phi) is 7.15. The number of carbonyl (C=O) groups is 3. The number of hydrogen-bond acceptors (Lipinski definition) is 3. The number of carbonyl (C=O) groups excluding carboxylic acids is 3. The van der Waals surface area contributed by atoms with E-state index in [1.54, 1.807) is 24.3 Å². The van der Waals surface area contributed by atoms with Gasteiger partial charge < -0.3 is 15.5 Å². The molecule has 0 atom stereocenters. The van der Waals surface area contributed by atoms with Crippen LogP contribution in [-0.2, 0) is 4.79 Å². The van der Waals surface area contributed by atoms with Crippen molar-refractivity contribution in [2.45, 2.75) is 18.9 Å². The minimum atomic E-state index is -0.274. The molecule has 0 spiro atoms. The van der Waals surface area contributed by atoms with Crippen LogP contribution in [0.3, 0.4) is 0 Å². The molecule has 0 aliphatic carbocycles. The Hall–Kier alpha value is -3.93. The number of piperidine rings is 1. The molecule has 0 unspecified atom stereocenters. The molecule has 2 N–H and O–H groups in total. The van der Waals surface area contributed by atoms with Gasteiger partial charge >= 0.3 is 0 Å². The number of hydrogen-bond donors (Lipinski definition) is 2. The van der Waals surface area contributed by atoms with Gasteiger partial charge in [-0.2, -0.15) is 0 Å². The molecule has 3 aromatic carbocycles. The first-order chi connectivity index (χ1) is 16.1. The summed E-state index contributed by atoms with van der Waals surface area (Å²) in [5.74, 6) is -0.487. The zero-order chi connectivity index (χ0) is 23.0. The van der Waals surface area contributed by atoms with Gasteiger partial charge in [0.15, 0.2) is 0 Å². The summed E-state index contributed by atoms with van der Waals surface area (Å²) in [7, 11) is 0. The van der Waals surface area contributed by atoms with E-state index in [1.807, 2.05) is 65.6 Å². The lowest BCUT2D eigenvalue weighted by Crippen LogP contribution is -2.48. The van der Waals surface area contributed by atoms with Crippen LogP contribution in [0.1, 0.15) is 33.6 Å². The predicted octanol–water partition coefficient (Wildman–Crippen LogP) is 3.50. The Morgan fingerprint density at radius 1 is 0.727 bits per heavy atom. The Balaban J connectivity index is 1.22. The highest BCUT2D eigenvalue weighted by atomic mass is 16.2. The summed E-state index contributed by atoms with van der Waals surface area (Å²) in [5.41, 5.74) is 3.38. The molecule has 1 heterocycles. The van der Waals surface area contributed by atoms with Crippen molar-refractivity contribution in [2.75, 3.05) is 19.6 Å². The van der Waals surface area contributed by atoms with Crippen LogP contribution >= 0.6 is 0 Å². The van der Waals surface area contributed by atoms with Crippen LogP contribution in [0.4, 0.5) is 0 Å². The number of likely N-dealkylation sites (tertiary alicyclic amines) is 1. The fourth-order valence-corrected chi connectivity index (χ4v) is 3.98. The molecule has 1 saturated heterocycles. The van der Waals surface area contributed by atoms with Crippen LogP contribution in [0.15, 0.2) is 84.9 Å². The molecule has 33 heavy (non-hydrogen) atoms. The summed E-state index contributed by atoms with van der Waals surface area (Å²) >= 11 is 0. The van der Waals surface area contributed by atoms with Crippen LogP contribution in [-0.4, -0.2) is 48.3 Å². The van der Waals surface area contributed by atoms with E-state index in [9.17, 15) is 14.4 Å². The van der Waals surface area contributed by atoms with Crippen molar-refractivity contribution < 1.29 is 14.4 Å². The normalized spacial score (nSPS) is 13.9. The summed E-state index contributed by atoms with van der Waals surface area (Å²) in [4.78, 5) is 39.0. The van der Waals surface area contributed by atoms with Crippen LogP contribution in [0, 0.1) is 0 Å². The Morgan fingerprint density at radius 2 is 1.30 bits per heavy atom. The molecular formula is C27H27N3O3. The van der Waals surface area contributed by atoms with Gasteiger partial charge in [0.05, 0.1) is 6.54 Å². The minimum absolute atomic E-state index is 0.00404. The Bertz CT molecular complexity index is 1090. The van der Waals surface area contributed by atoms with Crippen molar-refractivity contribution >= 4 is 17.7 Å². The molecule has 168 valence electrons. The molecule has 1 fully saturated rings. The van der Waals surface area contributed by atoms with Crippen molar-refractivity contribution in [1.29, 1.82) is 0 Å². The van der Waals surface area contributed by atoms with E-state index in [0.29, 0.717) is 37.1 Å². The second-order valence-corrected chi connectivity index (χ2v) is 8.13. The molecule has 0 bridgehead atoms. The summed E-state index contributed by atoms with van der Waals surface area (Å²) in [6.45, 7) is 1.10.